The lowest BCUT2D eigenvalue weighted by Gasteiger charge is -2.12. The van der Waals surface area contributed by atoms with E-state index in [4.69, 9.17) is 9.15 Å². The van der Waals surface area contributed by atoms with Crippen molar-refractivity contribution < 1.29 is 13.9 Å². The molecule has 1 heterocycles. The fraction of sp³-hybridized carbons (Fsp3) is 0.200. The van der Waals surface area contributed by atoms with Crippen molar-refractivity contribution in [1.82, 2.24) is 9.88 Å². The molecule has 1 N–H and O–H groups in total. The highest BCUT2D eigenvalue weighted by atomic mass is 16.5. The summed E-state index contributed by atoms with van der Waals surface area (Å²) in [4.78, 5) is 24.3. The Morgan fingerprint density at radius 1 is 0.935 bits per heavy atom. The Kier molecular flexibility index (Phi) is 6.47. The Balaban J connectivity index is 1.28. The molecule has 3 aromatic carbocycles. The summed E-state index contributed by atoms with van der Waals surface area (Å²) in [6.07, 6.45) is 0.862. The van der Waals surface area contributed by atoms with Crippen LogP contribution in [-0.4, -0.2) is 10.5 Å². The van der Waals surface area contributed by atoms with Gasteiger partial charge in [-0.2, -0.15) is 0 Å². The van der Waals surface area contributed by atoms with Gasteiger partial charge in [0.05, 0.1) is 5.52 Å². The number of hydrogen-bond acceptors (Lipinski definition) is 4. The summed E-state index contributed by atoms with van der Waals surface area (Å²) in [5, 5.41) is 2.94. The normalized spacial score (nSPS) is 10.8. The molecule has 0 radical (unpaired) electrons. The number of rotatable bonds is 9. The third-order valence-electron chi connectivity index (χ3n) is 5.05. The summed E-state index contributed by atoms with van der Waals surface area (Å²) in [7, 11) is 0. The number of benzene rings is 3. The van der Waals surface area contributed by atoms with Gasteiger partial charge in [0.25, 0.3) is 0 Å². The molecule has 1 amide bonds. The van der Waals surface area contributed by atoms with Crippen LogP contribution >= 0.6 is 0 Å². The topological polar surface area (TPSA) is 73.5 Å². The third-order valence-corrected chi connectivity index (χ3v) is 5.05. The first-order valence-corrected chi connectivity index (χ1v) is 10.3. The number of oxazole rings is 1. The number of nitrogens with zero attached hydrogens (tertiary/aromatic N) is 1. The van der Waals surface area contributed by atoms with Crippen LogP contribution in [0.5, 0.6) is 5.75 Å². The lowest BCUT2D eigenvalue weighted by atomic mass is 10.2. The fourth-order valence-electron chi connectivity index (χ4n) is 3.43. The van der Waals surface area contributed by atoms with E-state index in [9.17, 15) is 9.59 Å². The molecule has 6 heteroatoms. The average Bonchev–Trinajstić information content (AvgIpc) is 3.12. The van der Waals surface area contributed by atoms with Crippen molar-refractivity contribution >= 4 is 17.0 Å². The molecule has 0 fully saturated rings. The minimum absolute atomic E-state index is 0.0706. The van der Waals surface area contributed by atoms with Crippen LogP contribution in [0.25, 0.3) is 11.1 Å². The van der Waals surface area contributed by atoms with Gasteiger partial charge >= 0.3 is 5.76 Å². The Hall–Kier alpha value is -3.80. The van der Waals surface area contributed by atoms with Crippen LogP contribution in [0, 0.1) is 0 Å². The molecule has 0 atom stereocenters. The highest BCUT2D eigenvalue weighted by Gasteiger charge is 2.10. The Bertz CT molecular complexity index is 1210. The van der Waals surface area contributed by atoms with Crippen molar-refractivity contribution in [3.63, 3.8) is 0 Å². The van der Waals surface area contributed by atoms with Gasteiger partial charge in [-0.25, -0.2) is 4.79 Å². The van der Waals surface area contributed by atoms with E-state index in [-0.39, 0.29) is 5.91 Å². The first-order valence-electron chi connectivity index (χ1n) is 10.3. The highest BCUT2D eigenvalue weighted by Crippen LogP contribution is 2.19. The number of carbonyl (C=O) groups is 1. The van der Waals surface area contributed by atoms with Gasteiger partial charge in [0.15, 0.2) is 5.58 Å². The van der Waals surface area contributed by atoms with Crippen LogP contribution in [0.1, 0.15) is 24.0 Å². The molecular formula is C25H24N2O4. The number of carbonyl (C=O) groups excluding carboxylic acids is 1. The molecule has 4 rings (SSSR count). The van der Waals surface area contributed by atoms with E-state index in [0.717, 1.165) is 22.4 Å². The summed E-state index contributed by atoms with van der Waals surface area (Å²) in [6.45, 7) is 1.29. The molecule has 0 bridgehead atoms. The standard InChI is InChI=1S/C25H24N2O4/c28-24(15-8-16-27-21-12-5-7-14-23(21)31-25(27)29)26-17-20-11-4-6-13-22(20)30-18-19-9-2-1-3-10-19/h1-7,9-14H,8,15-18H2,(H,26,28). The lowest BCUT2D eigenvalue weighted by molar-refractivity contribution is -0.121. The second kappa shape index (κ2) is 9.80. The Labute approximate surface area is 180 Å². The molecule has 31 heavy (non-hydrogen) atoms. The van der Waals surface area contributed by atoms with Gasteiger partial charge in [-0.3, -0.25) is 9.36 Å². The summed E-state index contributed by atoms with van der Waals surface area (Å²) in [5.41, 5.74) is 3.31. The van der Waals surface area contributed by atoms with E-state index in [1.54, 1.807) is 10.6 Å². The molecule has 4 aromatic rings. The molecule has 0 aliphatic rings. The summed E-state index contributed by atoms with van der Waals surface area (Å²) in [6, 6.07) is 24.9. The van der Waals surface area contributed by atoms with E-state index >= 15 is 0 Å². The van der Waals surface area contributed by atoms with Gasteiger partial charge in [0.2, 0.25) is 5.91 Å². The maximum absolute atomic E-state index is 12.3. The molecule has 0 aliphatic heterocycles. The maximum Gasteiger partial charge on any atom is 0.419 e. The first-order chi connectivity index (χ1) is 15.2. The molecule has 0 spiro atoms. The van der Waals surface area contributed by atoms with Gasteiger partial charge in [-0.15, -0.1) is 0 Å². The predicted molar refractivity (Wildman–Crippen MR) is 119 cm³/mol. The van der Waals surface area contributed by atoms with Gasteiger partial charge in [0.1, 0.15) is 12.4 Å². The van der Waals surface area contributed by atoms with Crippen molar-refractivity contribution in [3.05, 3.63) is 101 Å². The minimum atomic E-state index is -0.397. The number of amides is 1. The van der Waals surface area contributed by atoms with Crippen molar-refractivity contribution in [2.24, 2.45) is 0 Å². The monoisotopic (exact) mass is 416 g/mol. The number of ether oxygens (including phenoxy) is 1. The summed E-state index contributed by atoms with van der Waals surface area (Å²) >= 11 is 0. The number of hydrogen-bond donors (Lipinski definition) is 1. The molecule has 158 valence electrons. The zero-order chi connectivity index (χ0) is 21.5. The summed E-state index contributed by atoms with van der Waals surface area (Å²) < 4.78 is 12.7. The number of nitrogens with one attached hydrogen (secondary N) is 1. The molecule has 1 aromatic heterocycles. The predicted octanol–water partition coefficient (Wildman–Crippen LogP) is 4.27. The molecule has 0 unspecified atom stereocenters. The number of aromatic nitrogens is 1. The molecule has 0 saturated carbocycles. The van der Waals surface area contributed by atoms with Crippen LogP contribution in [0.2, 0.25) is 0 Å². The minimum Gasteiger partial charge on any atom is -0.489 e. The van der Waals surface area contributed by atoms with Crippen molar-refractivity contribution in [2.45, 2.75) is 32.5 Å². The second-order valence-electron chi connectivity index (χ2n) is 7.25. The Morgan fingerprint density at radius 3 is 2.55 bits per heavy atom. The highest BCUT2D eigenvalue weighted by molar-refractivity contribution is 5.76. The van der Waals surface area contributed by atoms with Gasteiger partial charge in [0, 0.05) is 25.1 Å². The number of para-hydroxylation sites is 3. The lowest BCUT2D eigenvalue weighted by Crippen LogP contribution is -2.24. The quantitative estimate of drug-likeness (QED) is 0.442. The van der Waals surface area contributed by atoms with Gasteiger partial charge < -0.3 is 14.5 Å². The van der Waals surface area contributed by atoms with Crippen molar-refractivity contribution in [3.8, 4) is 5.75 Å². The van der Waals surface area contributed by atoms with E-state index in [0.29, 0.717) is 38.1 Å². The second-order valence-corrected chi connectivity index (χ2v) is 7.25. The van der Waals surface area contributed by atoms with Crippen molar-refractivity contribution in [2.75, 3.05) is 0 Å². The van der Waals surface area contributed by atoms with Crippen molar-refractivity contribution in [1.29, 1.82) is 0 Å². The van der Waals surface area contributed by atoms with E-state index in [2.05, 4.69) is 5.32 Å². The number of aryl methyl sites for hydroxylation is 1. The zero-order valence-corrected chi connectivity index (χ0v) is 17.1. The van der Waals surface area contributed by atoms with E-state index < -0.39 is 5.76 Å². The first kappa shape index (κ1) is 20.5. The largest absolute Gasteiger partial charge is 0.489 e. The molecule has 0 aliphatic carbocycles. The van der Waals surface area contributed by atoms with Gasteiger partial charge in [-0.1, -0.05) is 60.7 Å². The third kappa shape index (κ3) is 5.22. The number of fused-ring (bicyclic) bond motifs is 1. The smallest absolute Gasteiger partial charge is 0.419 e. The molecule has 0 saturated heterocycles. The van der Waals surface area contributed by atoms with Crippen LogP contribution in [-0.2, 0) is 24.5 Å². The van der Waals surface area contributed by atoms with Crippen LogP contribution in [0.3, 0.4) is 0 Å². The maximum atomic E-state index is 12.3. The average molecular weight is 416 g/mol. The molecular weight excluding hydrogens is 392 g/mol. The van der Waals surface area contributed by atoms with E-state index in [1.165, 1.54) is 0 Å². The molecule has 6 nitrogen and oxygen atoms in total. The Morgan fingerprint density at radius 2 is 1.68 bits per heavy atom. The summed E-state index contributed by atoms with van der Waals surface area (Å²) in [5.74, 6) is 0.285. The van der Waals surface area contributed by atoms with Crippen LogP contribution < -0.4 is 15.8 Å². The zero-order valence-electron chi connectivity index (χ0n) is 17.1. The van der Waals surface area contributed by atoms with Gasteiger partial charge in [-0.05, 0) is 30.2 Å². The SMILES string of the molecule is O=C(CCCn1c(=O)oc2ccccc21)NCc1ccccc1OCc1ccccc1. The van der Waals surface area contributed by atoms with Crippen LogP contribution in [0.15, 0.2) is 88.1 Å². The fourth-order valence-corrected chi connectivity index (χ4v) is 3.43. The van der Waals surface area contributed by atoms with E-state index in [1.807, 2.05) is 72.8 Å². The van der Waals surface area contributed by atoms with Crippen LogP contribution in [0.4, 0.5) is 0 Å².